The number of hydrogen-bond acceptors (Lipinski definition) is 5. The summed E-state index contributed by atoms with van der Waals surface area (Å²) in [6.45, 7) is 4.34. The van der Waals surface area contributed by atoms with E-state index in [0.29, 0.717) is 24.0 Å². The SMILES string of the molecule is COc1ccc(-c2n[nH]c(CNC(=O)[C@@H](N)CC(C)C)n2)cc1.Cl. The quantitative estimate of drug-likeness (QED) is 0.704. The Kier molecular flexibility index (Phi) is 7.67. The third-order valence-electron chi connectivity index (χ3n) is 3.37. The topological polar surface area (TPSA) is 106 Å². The van der Waals surface area contributed by atoms with Gasteiger partial charge in [0.1, 0.15) is 11.6 Å². The summed E-state index contributed by atoms with van der Waals surface area (Å²) in [7, 11) is 1.62. The van der Waals surface area contributed by atoms with Crippen LogP contribution in [0.25, 0.3) is 11.4 Å². The fourth-order valence-corrected chi connectivity index (χ4v) is 2.16. The minimum atomic E-state index is -0.501. The van der Waals surface area contributed by atoms with Crippen LogP contribution in [-0.4, -0.2) is 34.2 Å². The van der Waals surface area contributed by atoms with Gasteiger partial charge >= 0.3 is 0 Å². The number of nitrogens with one attached hydrogen (secondary N) is 2. The van der Waals surface area contributed by atoms with E-state index in [4.69, 9.17) is 10.5 Å². The van der Waals surface area contributed by atoms with Gasteiger partial charge in [0, 0.05) is 5.56 Å². The maximum Gasteiger partial charge on any atom is 0.237 e. The van der Waals surface area contributed by atoms with Crippen LogP contribution in [-0.2, 0) is 11.3 Å². The third-order valence-corrected chi connectivity index (χ3v) is 3.37. The number of rotatable bonds is 7. The number of benzene rings is 1. The predicted molar refractivity (Wildman–Crippen MR) is 94.9 cm³/mol. The second-order valence-electron chi connectivity index (χ2n) is 5.79. The van der Waals surface area contributed by atoms with E-state index in [-0.39, 0.29) is 24.9 Å². The van der Waals surface area contributed by atoms with E-state index < -0.39 is 6.04 Å². The Bertz CT molecular complexity index is 642. The van der Waals surface area contributed by atoms with Crippen LogP contribution in [0.15, 0.2) is 24.3 Å². The first kappa shape index (κ1) is 19.9. The molecular formula is C16H24ClN5O2. The van der Waals surface area contributed by atoms with Crippen molar-refractivity contribution in [2.24, 2.45) is 11.7 Å². The number of aromatic nitrogens is 3. The Balaban J connectivity index is 0.00000288. The zero-order chi connectivity index (χ0) is 16.8. The predicted octanol–water partition coefficient (Wildman–Crippen LogP) is 1.89. The first-order valence-corrected chi connectivity index (χ1v) is 7.58. The number of methoxy groups -OCH3 is 1. The molecular weight excluding hydrogens is 330 g/mol. The Hall–Kier alpha value is -2.12. The lowest BCUT2D eigenvalue weighted by Crippen LogP contribution is -2.41. The molecule has 1 amide bonds. The Morgan fingerprint density at radius 1 is 1.33 bits per heavy atom. The van der Waals surface area contributed by atoms with Crippen LogP contribution in [0.5, 0.6) is 5.75 Å². The molecule has 24 heavy (non-hydrogen) atoms. The highest BCUT2D eigenvalue weighted by atomic mass is 35.5. The van der Waals surface area contributed by atoms with Crippen molar-refractivity contribution in [2.45, 2.75) is 32.9 Å². The van der Waals surface area contributed by atoms with E-state index in [1.807, 2.05) is 38.1 Å². The number of aromatic amines is 1. The monoisotopic (exact) mass is 353 g/mol. The lowest BCUT2D eigenvalue weighted by atomic mass is 10.0. The fourth-order valence-electron chi connectivity index (χ4n) is 2.16. The van der Waals surface area contributed by atoms with Gasteiger partial charge in [-0.2, -0.15) is 5.10 Å². The number of nitrogens with two attached hydrogens (primary N) is 1. The molecule has 1 aromatic carbocycles. The lowest BCUT2D eigenvalue weighted by molar-refractivity contribution is -0.122. The molecule has 1 aromatic heterocycles. The third kappa shape index (κ3) is 5.50. The second-order valence-corrected chi connectivity index (χ2v) is 5.79. The summed E-state index contributed by atoms with van der Waals surface area (Å²) in [6, 6.07) is 6.95. The maximum atomic E-state index is 11.9. The number of amides is 1. The van der Waals surface area contributed by atoms with Crippen LogP contribution >= 0.6 is 12.4 Å². The number of hydrogen-bond donors (Lipinski definition) is 3. The molecule has 1 atom stereocenters. The molecule has 0 unspecified atom stereocenters. The minimum Gasteiger partial charge on any atom is -0.497 e. The van der Waals surface area contributed by atoms with E-state index in [9.17, 15) is 4.79 Å². The number of carbonyl (C=O) groups is 1. The summed E-state index contributed by atoms with van der Waals surface area (Å²) in [5.74, 6) is 2.13. The van der Waals surface area contributed by atoms with E-state index in [2.05, 4.69) is 20.5 Å². The van der Waals surface area contributed by atoms with Crippen molar-refractivity contribution >= 4 is 18.3 Å². The normalized spacial score (nSPS) is 11.7. The van der Waals surface area contributed by atoms with Crippen molar-refractivity contribution in [3.63, 3.8) is 0 Å². The minimum absolute atomic E-state index is 0. The van der Waals surface area contributed by atoms with Gasteiger partial charge in [-0.05, 0) is 36.6 Å². The molecule has 0 aliphatic heterocycles. The first-order chi connectivity index (χ1) is 11.0. The van der Waals surface area contributed by atoms with E-state index in [0.717, 1.165) is 11.3 Å². The average Bonchev–Trinajstić information content (AvgIpc) is 3.01. The smallest absolute Gasteiger partial charge is 0.237 e. The molecule has 0 aliphatic rings. The number of ether oxygens (including phenoxy) is 1. The second kappa shape index (κ2) is 9.24. The molecule has 132 valence electrons. The van der Waals surface area contributed by atoms with Crippen LogP contribution in [0.3, 0.4) is 0 Å². The van der Waals surface area contributed by atoms with Gasteiger partial charge in [0.15, 0.2) is 5.82 Å². The van der Waals surface area contributed by atoms with Crippen molar-refractivity contribution in [1.82, 2.24) is 20.5 Å². The average molecular weight is 354 g/mol. The molecule has 2 aromatic rings. The largest absolute Gasteiger partial charge is 0.497 e. The number of carbonyl (C=O) groups excluding carboxylic acids is 1. The summed E-state index contributed by atoms with van der Waals surface area (Å²) in [5, 5.41) is 9.74. The summed E-state index contributed by atoms with van der Waals surface area (Å²) < 4.78 is 5.12. The Morgan fingerprint density at radius 3 is 2.58 bits per heavy atom. The van der Waals surface area contributed by atoms with Gasteiger partial charge in [-0.25, -0.2) is 4.98 Å². The van der Waals surface area contributed by atoms with Crippen LogP contribution in [0.1, 0.15) is 26.1 Å². The van der Waals surface area contributed by atoms with Crippen molar-refractivity contribution in [1.29, 1.82) is 0 Å². The summed E-state index contributed by atoms with van der Waals surface area (Å²) in [6.07, 6.45) is 0.652. The van der Waals surface area contributed by atoms with Crippen LogP contribution in [0.2, 0.25) is 0 Å². The molecule has 7 nitrogen and oxygen atoms in total. The molecule has 8 heteroatoms. The molecule has 2 rings (SSSR count). The molecule has 1 heterocycles. The number of H-pyrrole nitrogens is 1. The highest BCUT2D eigenvalue weighted by Gasteiger charge is 2.15. The zero-order valence-electron chi connectivity index (χ0n) is 14.1. The van der Waals surface area contributed by atoms with Crippen LogP contribution in [0, 0.1) is 5.92 Å². The van der Waals surface area contributed by atoms with Crippen molar-refractivity contribution in [3.05, 3.63) is 30.1 Å². The Labute approximate surface area is 147 Å². The van der Waals surface area contributed by atoms with E-state index in [1.54, 1.807) is 7.11 Å². The summed E-state index contributed by atoms with van der Waals surface area (Å²) in [5.41, 5.74) is 6.71. The van der Waals surface area contributed by atoms with Gasteiger partial charge in [0.25, 0.3) is 0 Å². The molecule has 0 saturated carbocycles. The van der Waals surface area contributed by atoms with Crippen molar-refractivity contribution in [2.75, 3.05) is 7.11 Å². The lowest BCUT2D eigenvalue weighted by Gasteiger charge is -2.13. The van der Waals surface area contributed by atoms with Gasteiger partial charge in [-0.1, -0.05) is 13.8 Å². The number of nitrogens with zero attached hydrogens (tertiary/aromatic N) is 2. The summed E-state index contributed by atoms with van der Waals surface area (Å²) >= 11 is 0. The highest BCUT2D eigenvalue weighted by Crippen LogP contribution is 2.18. The van der Waals surface area contributed by atoms with Gasteiger partial charge in [0.2, 0.25) is 5.91 Å². The molecule has 0 radical (unpaired) electrons. The molecule has 0 saturated heterocycles. The maximum absolute atomic E-state index is 11.9. The van der Waals surface area contributed by atoms with Crippen LogP contribution < -0.4 is 15.8 Å². The first-order valence-electron chi connectivity index (χ1n) is 7.58. The molecule has 0 spiro atoms. The van der Waals surface area contributed by atoms with Crippen molar-refractivity contribution in [3.8, 4) is 17.1 Å². The van der Waals surface area contributed by atoms with E-state index in [1.165, 1.54) is 0 Å². The van der Waals surface area contributed by atoms with Gasteiger partial charge in [-0.15, -0.1) is 12.4 Å². The van der Waals surface area contributed by atoms with Gasteiger partial charge < -0.3 is 15.8 Å². The summed E-state index contributed by atoms with van der Waals surface area (Å²) in [4.78, 5) is 16.3. The standard InChI is InChI=1S/C16H23N5O2.ClH/c1-10(2)8-13(17)16(22)18-9-14-19-15(21-20-14)11-4-6-12(23-3)7-5-11;/h4-7,10,13H,8-9,17H2,1-3H3,(H,18,22)(H,19,20,21);1H/t13-;/m0./s1. The highest BCUT2D eigenvalue weighted by molar-refractivity contribution is 5.85. The molecule has 0 aliphatic carbocycles. The van der Waals surface area contributed by atoms with E-state index >= 15 is 0 Å². The number of halogens is 1. The van der Waals surface area contributed by atoms with Gasteiger partial charge in [0.05, 0.1) is 19.7 Å². The van der Waals surface area contributed by atoms with Gasteiger partial charge in [-0.3, -0.25) is 9.89 Å². The fraction of sp³-hybridized carbons (Fsp3) is 0.438. The Morgan fingerprint density at radius 2 is 2.00 bits per heavy atom. The molecule has 0 bridgehead atoms. The molecule has 4 N–H and O–H groups in total. The van der Waals surface area contributed by atoms with Crippen LogP contribution in [0.4, 0.5) is 0 Å². The zero-order valence-corrected chi connectivity index (χ0v) is 14.9. The van der Waals surface area contributed by atoms with Crippen molar-refractivity contribution < 1.29 is 9.53 Å². The molecule has 0 fully saturated rings.